The first-order valence-corrected chi connectivity index (χ1v) is 6.25. The maximum atomic E-state index is 12.5. The summed E-state index contributed by atoms with van der Waals surface area (Å²) in [5, 5.41) is 0.591. The third-order valence-corrected chi connectivity index (χ3v) is 3.44. The van der Waals surface area contributed by atoms with Gasteiger partial charge in [-0.2, -0.15) is 0 Å². The zero-order valence-electron chi connectivity index (χ0n) is 11.1. The molecule has 0 saturated heterocycles. The van der Waals surface area contributed by atoms with Crippen molar-refractivity contribution in [3.63, 3.8) is 0 Å². The van der Waals surface area contributed by atoms with Crippen LogP contribution in [0.25, 0.3) is 0 Å². The number of amides is 1. The number of rotatable bonds is 2. The minimum absolute atomic E-state index is 0.157. The molecule has 0 aliphatic carbocycles. The molecule has 1 amide bonds. The Morgan fingerprint density at radius 2 is 2.05 bits per heavy atom. The summed E-state index contributed by atoms with van der Waals surface area (Å²) < 4.78 is 1.79. The topological polar surface area (TPSA) is 51.3 Å². The molecule has 100 valence electrons. The fourth-order valence-electron chi connectivity index (χ4n) is 1.99. The van der Waals surface area contributed by atoms with Crippen molar-refractivity contribution in [3.8, 4) is 0 Å². The van der Waals surface area contributed by atoms with Gasteiger partial charge < -0.3 is 15.2 Å². The van der Waals surface area contributed by atoms with E-state index in [1.54, 1.807) is 35.9 Å². The number of carbonyl (C=O) groups excluding carboxylic acids is 1. The molecule has 19 heavy (non-hydrogen) atoms. The van der Waals surface area contributed by atoms with Crippen molar-refractivity contribution >= 4 is 28.9 Å². The molecule has 0 aliphatic rings. The number of aromatic nitrogens is 1. The second-order valence-electron chi connectivity index (χ2n) is 4.49. The molecular weight excluding hydrogens is 262 g/mol. The van der Waals surface area contributed by atoms with Gasteiger partial charge >= 0.3 is 0 Å². The largest absolute Gasteiger partial charge is 0.397 e. The smallest absolute Gasteiger partial charge is 0.276 e. The highest BCUT2D eigenvalue weighted by Gasteiger charge is 2.20. The maximum absolute atomic E-state index is 12.5. The number of hydrogen-bond donors (Lipinski definition) is 1. The number of aryl methyl sites for hydroxylation is 1. The van der Waals surface area contributed by atoms with Gasteiger partial charge in [0.2, 0.25) is 0 Å². The lowest BCUT2D eigenvalue weighted by molar-refractivity contribution is 0.0986. The van der Waals surface area contributed by atoms with Gasteiger partial charge in [-0.25, -0.2) is 0 Å². The highest BCUT2D eigenvalue weighted by Crippen LogP contribution is 2.23. The van der Waals surface area contributed by atoms with E-state index in [1.807, 2.05) is 20.0 Å². The zero-order chi connectivity index (χ0) is 14.2. The number of hydrogen-bond acceptors (Lipinski definition) is 2. The number of nitrogens with two attached hydrogens (primary N) is 1. The number of halogens is 1. The van der Waals surface area contributed by atoms with E-state index in [9.17, 15) is 4.79 Å². The van der Waals surface area contributed by atoms with E-state index in [-0.39, 0.29) is 5.91 Å². The van der Waals surface area contributed by atoms with E-state index in [0.29, 0.717) is 16.4 Å². The number of benzene rings is 1. The molecule has 0 unspecified atom stereocenters. The molecule has 0 aliphatic heterocycles. The third-order valence-electron chi connectivity index (χ3n) is 3.21. The van der Waals surface area contributed by atoms with Crippen LogP contribution in [0.1, 0.15) is 16.2 Å². The van der Waals surface area contributed by atoms with E-state index < -0.39 is 0 Å². The van der Waals surface area contributed by atoms with Crippen molar-refractivity contribution in [3.05, 3.63) is 46.7 Å². The zero-order valence-corrected chi connectivity index (χ0v) is 11.9. The second kappa shape index (κ2) is 4.97. The van der Waals surface area contributed by atoms with E-state index in [2.05, 4.69) is 0 Å². The lowest BCUT2D eigenvalue weighted by atomic mass is 10.2. The van der Waals surface area contributed by atoms with E-state index in [1.165, 1.54) is 4.90 Å². The minimum Gasteiger partial charge on any atom is -0.397 e. The lowest BCUT2D eigenvalue weighted by Gasteiger charge is -2.18. The number of nitrogens with zero attached hydrogens (tertiary/aromatic N) is 2. The van der Waals surface area contributed by atoms with E-state index >= 15 is 0 Å². The van der Waals surface area contributed by atoms with Crippen LogP contribution in [0.15, 0.2) is 30.3 Å². The summed E-state index contributed by atoms with van der Waals surface area (Å²) in [5.41, 5.74) is 8.54. The summed E-state index contributed by atoms with van der Waals surface area (Å²) in [5.74, 6) is -0.157. The fourth-order valence-corrected chi connectivity index (χ4v) is 2.17. The monoisotopic (exact) mass is 277 g/mol. The molecule has 0 saturated carbocycles. The first-order valence-electron chi connectivity index (χ1n) is 5.87. The van der Waals surface area contributed by atoms with Gasteiger partial charge in [-0.3, -0.25) is 4.79 Å². The van der Waals surface area contributed by atoms with Crippen LogP contribution in [0, 0.1) is 6.92 Å². The third kappa shape index (κ3) is 2.44. The molecule has 0 bridgehead atoms. The molecule has 0 radical (unpaired) electrons. The van der Waals surface area contributed by atoms with Crippen LogP contribution in [0.2, 0.25) is 5.02 Å². The highest BCUT2D eigenvalue weighted by atomic mass is 35.5. The summed E-state index contributed by atoms with van der Waals surface area (Å²) in [4.78, 5) is 14.0. The van der Waals surface area contributed by atoms with Crippen LogP contribution in [-0.2, 0) is 7.05 Å². The van der Waals surface area contributed by atoms with E-state index in [0.717, 1.165) is 11.4 Å². The van der Waals surface area contributed by atoms with Crippen LogP contribution < -0.4 is 10.6 Å². The van der Waals surface area contributed by atoms with Gasteiger partial charge in [0.1, 0.15) is 5.69 Å². The van der Waals surface area contributed by atoms with Crippen molar-refractivity contribution < 1.29 is 4.79 Å². The lowest BCUT2D eigenvalue weighted by Crippen LogP contribution is -2.28. The van der Waals surface area contributed by atoms with E-state index in [4.69, 9.17) is 17.3 Å². The second-order valence-corrected chi connectivity index (χ2v) is 4.93. The molecule has 2 N–H and O–H groups in total. The predicted molar refractivity (Wildman–Crippen MR) is 78.7 cm³/mol. The average Bonchev–Trinajstić information content (AvgIpc) is 2.61. The Morgan fingerprint density at radius 1 is 1.37 bits per heavy atom. The first kappa shape index (κ1) is 13.5. The minimum atomic E-state index is -0.157. The predicted octanol–water partition coefficient (Wildman–Crippen LogP) is 2.85. The summed E-state index contributed by atoms with van der Waals surface area (Å²) in [6.07, 6.45) is 0. The van der Waals surface area contributed by atoms with Crippen LogP contribution in [0.5, 0.6) is 0 Å². The molecule has 0 atom stereocenters. The Bertz CT molecular complexity index is 634. The van der Waals surface area contributed by atoms with Gasteiger partial charge in [0.05, 0.1) is 5.69 Å². The average molecular weight is 278 g/mol. The molecule has 2 rings (SSSR count). The summed E-state index contributed by atoms with van der Waals surface area (Å²) >= 11 is 5.94. The molecule has 2 aromatic rings. The first-order chi connectivity index (χ1) is 8.91. The Morgan fingerprint density at radius 3 is 2.58 bits per heavy atom. The SMILES string of the molecule is Cc1cc(N)c(C(=O)N(C)c2cccc(Cl)c2)n1C. The summed E-state index contributed by atoms with van der Waals surface area (Å²) in [6.45, 7) is 1.91. The van der Waals surface area contributed by atoms with Gasteiger partial charge in [0, 0.05) is 30.5 Å². The van der Waals surface area contributed by atoms with Crippen molar-refractivity contribution in [1.82, 2.24) is 4.57 Å². The Kier molecular flexibility index (Phi) is 3.53. The molecule has 1 aromatic carbocycles. The molecule has 0 fully saturated rings. The van der Waals surface area contributed by atoms with Gasteiger partial charge in [-0.05, 0) is 31.2 Å². The number of carbonyl (C=O) groups is 1. The molecule has 5 heteroatoms. The highest BCUT2D eigenvalue weighted by molar-refractivity contribution is 6.31. The Hall–Kier alpha value is -1.94. The maximum Gasteiger partial charge on any atom is 0.276 e. The van der Waals surface area contributed by atoms with Gasteiger partial charge in [-0.1, -0.05) is 17.7 Å². The molecule has 0 spiro atoms. The quantitative estimate of drug-likeness (QED) is 0.918. The van der Waals surface area contributed by atoms with Crippen LogP contribution in [-0.4, -0.2) is 17.5 Å². The molecule has 1 heterocycles. The molecule has 4 nitrogen and oxygen atoms in total. The Labute approximate surface area is 117 Å². The standard InChI is InChI=1S/C14H16ClN3O/c1-9-7-12(16)13(17(9)2)14(19)18(3)11-6-4-5-10(15)8-11/h4-8H,16H2,1-3H3. The van der Waals surface area contributed by atoms with Crippen LogP contribution >= 0.6 is 11.6 Å². The van der Waals surface area contributed by atoms with Crippen LogP contribution in [0.3, 0.4) is 0 Å². The van der Waals surface area contributed by atoms with Crippen LogP contribution in [0.4, 0.5) is 11.4 Å². The van der Waals surface area contributed by atoms with Crippen molar-refractivity contribution in [2.45, 2.75) is 6.92 Å². The van der Waals surface area contributed by atoms with Gasteiger partial charge in [0.25, 0.3) is 5.91 Å². The van der Waals surface area contributed by atoms with Crippen molar-refractivity contribution in [1.29, 1.82) is 0 Å². The fraction of sp³-hybridized carbons (Fsp3) is 0.214. The summed E-state index contributed by atoms with van der Waals surface area (Å²) in [6, 6.07) is 8.94. The molecule has 1 aromatic heterocycles. The molecular formula is C14H16ClN3O. The van der Waals surface area contributed by atoms with Gasteiger partial charge in [-0.15, -0.1) is 0 Å². The van der Waals surface area contributed by atoms with Gasteiger partial charge in [0.15, 0.2) is 0 Å². The van der Waals surface area contributed by atoms with Crippen molar-refractivity contribution in [2.24, 2.45) is 7.05 Å². The normalized spacial score (nSPS) is 10.5. The Balaban J connectivity index is 2.39. The number of anilines is 2. The van der Waals surface area contributed by atoms with Crippen molar-refractivity contribution in [2.75, 3.05) is 17.7 Å². The number of nitrogen functional groups attached to an aromatic ring is 1. The summed E-state index contributed by atoms with van der Waals surface area (Å²) in [7, 11) is 3.53.